The second-order valence-corrected chi connectivity index (χ2v) is 7.42. The van der Waals surface area contributed by atoms with Gasteiger partial charge in [0.05, 0.1) is 11.6 Å². The van der Waals surface area contributed by atoms with Crippen LogP contribution in [0.25, 0.3) is 11.1 Å². The first kappa shape index (κ1) is 25.1. The van der Waals surface area contributed by atoms with Gasteiger partial charge in [-0.05, 0) is 25.1 Å². The van der Waals surface area contributed by atoms with E-state index < -0.39 is 52.5 Å². The third-order valence-corrected chi connectivity index (χ3v) is 5.00. The van der Waals surface area contributed by atoms with Crippen molar-refractivity contribution in [3.63, 3.8) is 0 Å². The van der Waals surface area contributed by atoms with Crippen LogP contribution in [0, 0.1) is 0 Å². The van der Waals surface area contributed by atoms with Gasteiger partial charge in [-0.1, -0.05) is 29.8 Å². The summed E-state index contributed by atoms with van der Waals surface area (Å²) >= 11 is 6.36. The number of hydrogen-bond donors (Lipinski definition) is 5. The molecule has 2 aromatic carbocycles. The third-order valence-electron chi connectivity index (χ3n) is 4.69. The number of carboxylic acid groups (broad SMARTS) is 2. The Labute approximate surface area is 203 Å². The van der Waals surface area contributed by atoms with Crippen molar-refractivity contribution in [1.82, 2.24) is 4.98 Å². The summed E-state index contributed by atoms with van der Waals surface area (Å²) in [5.74, 6) is -4.21. The lowest BCUT2D eigenvalue weighted by molar-refractivity contribution is -0.118. The fourth-order valence-corrected chi connectivity index (χ4v) is 3.53. The Morgan fingerprint density at radius 1 is 1.03 bits per heavy atom. The molecule has 182 valence electrons. The lowest BCUT2D eigenvalue weighted by atomic mass is 9.95. The molecule has 1 aromatic heterocycles. The second-order valence-electron chi connectivity index (χ2n) is 7.02. The summed E-state index contributed by atoms with van der Waals surface area (Å²) < 4.78 is 11.1. The number of nitrogens with two attached hydrogens (primary N) is 1. The number of carbonyl (C=O) groups excluding carboxylic acids is 1. The standard InChI is InChI=1S/C23H20ClN3O8/c1-2-34-14-8-12(17-18(22(30)31)20(25)27-21(29)19(17)23(32)33)13(24)9-15(14)35-10-16(28)26-11-6-4-3-5-7-11/h3-9H,2,10H2,1H3,(H,26,28)(H,30,31)(H,32,33)(H3,25,27,29). The van der Waals surface area contributed by atoms with Gasteiger partial charge in [0.15, 0.2) is 18.1 Å². The van der Waals surface area contributed by atoms with Crippen molar-refractivity contribution in [1.29, 1.82) is 0 Å². The molecule has 0 saturated carbocycles. The Morgan fingerprint density at radius 3 is 2.26 bits per heavy atom. The molecule has 11 nitrogen and oxygen atoms in total. The van der Waals surface area contributed by atoms with Gasteiger partial charge in [0, 0.05) is 22.9 Å². The fourth-order valence-electron chi connectivity index (χ4n) is 3.29. The van der Waals surface area contributed by atoms with Crippen LogP contribution < -0.4 is 26.1 Å². The van der Waals surface area contributed by atoms with Gasteiger partial charge in [0.25, 0.3) is 11.5 Å². The SMILES string of the molecule is CCOc1cc(-c2c(C(=O)O)c(N)[nH]c(=O)c2C(=O)O)c(Cl)cc1OCC(=O)Nc1ccccc1. The third kappa shape index (κ3) is 5.53. The van der Waals surface area contributed by atoms with Crippen LogP contribution in [0.1, 0.15) is 27.6 Å². The monoisotopic (exact) mass is 501 g/mol. The Morgan fingerprint density at radius 2 is 1.66 bits per heavy atom. The zero-order chi connectivity index (χ0) is 25.7. The number of halogens is 1. The van der Waals surface area contributed by atoms with Crippen LogP contribution in [0.15, 0.2) is 47.3 Å². The highest BCUT2D eigenvalue weighted by atomic mass is 35.5. The average Bonchev–Trinajstić information content (AvgIpc) is 2.78. The molecule has 0 unspecified atom stereocenters. The van der Waals surface area contributed by atoms with Crippen LogP contribution in [0.4, 0.5) is 11.5 Å². The summed E-state index contributed by atoms with van der Waals surface area (Å²) in [4.78, 5) is 50.3. The molecule has 6 N–H and O–H groups in total. The van der Waals surface area contributed by atoms with Crippen LogP contribution in [-0.2, 0) is 4.79 Å². The van der Waals surface area contributed by atoms with Crippen LogP contribution in [0.2, 0.25) is 5.02 Å². The number of amides is 1. The Balaban J connectivity index is 2.06. The summed E-state index contributed by atoms with van der Waals surface area (Å²) in [6.07, 6.45) is 0. The van der Waals surface area contributed by atoms with E-state index in [-0.39, 0.29) is 28.7 Å². The molecule has 0 fully saturated rings. The van der Waals surface area contributed by atoms with E-state index in [0.717, 1.165) is 0 Å². The molecule has 0 bridgehead atoms. The first-order valence-electron chi connectivity index (χ1n) is 10.1. The summed E-state index contributed by atoms with van der Waals surface area (Å²) in [7, 11) is 0. The van der Waals surface area contributed by atoms with Crippen molar-refractivity contribution in [3.05, 3.63) is 69.0 Å². The van der Waals surface area contributed by atoms with Gasteiger partial charge in [-0.3, -0.25) is 9.59 Å². The number of nitrogens with one attached hydrogen (secondary N) is 2. The number of aromatic amines is 1. The number of rotatable bonds is 9. The van der Waals surface area contributed by atoms with Gasteiger partial charge < -0.3 is 35.7 Å². The minimum absolute atomic E-state index is 0.0333. The number of hydrogen-bond acceptors (Lipinski definition) is 7. The molecule has 3 rings (SSSR count). The van der Waals surface area contributed by atoms with Crippen LogP contribution in [0.3, 0.4) is 0 Å². The van der Waals surface area contributed by atoms with E-state index in [4.69, 9.17) is 26.8 Å². The number of para-hydroxylation sites is 1. The van der Waals surface area contributed by atoms with E-state index in [2.05, 4.69) is 5.32 Å². The molecule has 0 radical (unpaired) electrons. The van der Waals surface area contributed by atoms with Crippen molar-refractivity contribution < 1.29 is 34.1 Å². The molecule has 3 aromatic rings. The van der Waals surface area contributed by atoms with Gasteiger partial charge >= 0.3 is 11.9 Å². The van der Waals surface area contributed by atoms with Gasteiger partial charge in [-0.15, -0.1) is 0 Å². The Kier molecular flexibility index (Phi) is 7.62. The lowest BCUT2D eigenvalue weighted by Gasteiger charge is -2.17. The number of pyridine rings is 1. The average molecular weight is 502 g/mol. The van der Waals surface area contributed by atoms with Crippen molar-refractivity contribution in [2.24, 2.45) is 0 Å². The van der Waals surface area contributed by atoms with Crippen LogP contribution in [-0.4, -0.2) is 46.3 Å². The van der Waals surface area contributed by atoms with E-state index in [9.17, 15) is 29.4 Å². The smallest absolute Gasteiger partial charge is 0.342 e. The summed E-state index contributed by atoms with van der Waals surface area (Å²) in [5.41, 5.74) is 2.99. The van der Waals surface area contributed by atoms with E-state index >= 15 is 0 Å². The molecular weight excluding hydrogens is 482 g/mol. The molecule has 35 heavy (non-hydrogen) atoms. The molecule has 1 amide bonds. The first-order chi connectivity index (χ1) is 16.6. The molecule has 0 atom stereocenters. The zero-order valence-electron chi connectivity index (χ0n) is 18.3. The highest BCUT2D eigenvalue weighted by Crippen LogP contribution is 2.41. The number of anilines is 2. The Hall–Kier alpha value is -4.51. The maximum absolute atomic E-state index is 12.3. The van der Waals surface area contributed by atoms with Crippen molar-refractivity contribution in [3.8, 4) is 22.6 Å². The minimum atomic E-state index is -1.68. The molecule has 0 aliphatic rings. The van der Waals surface area contributed by atoms with Gasteiger partial charge in [0.2, 0.25) is 0 Å². The number of aromatic nitrogens is 1. The number of H-pyrrole nitrogens is 1. The van der Waals surface area contributed by atoms with Gasteiger partial charge in [-0.2, -0.15) is 0 Å². The van der Waals surface area contributed by atoms with E-state index in [1.165, 1.54) is 12.1 Å². The zero-order valence-corrected chi connectivity index (χ0v) is 19.0. The molecule has 0 spiro atoms. The van der Waals surface area contributed by atoms with Crippen molar-refractivity contribution in [2.45, 2.75) is 6.92 Å². The maximum atomic E-state index is 12.3. The Bertz CT molecular complexity index is 1360. The molecule has 1 heterocycles. The summed E-state index contributed by atoms with van der Waals surface area (Å²) in [6.45, 7) is 1.39. The number of benzene rings is 2. The van der Waals surface area contributed by atoms with Gasteiger partial charge in [0.1, 0.15) is 16.9 Å². The van der Waals surface area contributed by atoms with Crippen LogP contribution in [0.5, 0.6) is 11.5 Å². The number of carbonyl (C=O) groups is 3. The topological polar surface area (TPSA) is 181 Å². The quantitative estimate of drug-likeness (QED) is 0.294. The molecule has 12 heteroatoms. The maximum Gasteiger partial charge on any atom is 0.342 e. The van der Waals surface area contributed by atoms with E-state index in [0.29, 0.717) is 5.69 Å². The summed E-state index contributed by atoms with van der Waals surface area (Å²) in [5, 5.41) is 21.7. The normalized spacial score (nSPS) is 10.5. The molecular formula is C23H20ClN3O8. The van der Waals surface area contributed by atoms with E-state index in [1.54, 1.807) is 37.3 Å². The highest BCUT2D eigenvalue weighted by molar-refractivity contribution is 6.34. The molecule has 0 saturated heterocycles. The predicted molar refractivity (Wildman–Crippen MR) is 128 cm³/mol. The van der Waals surface area contributed by atoms with Crippen molar-refractivity contribution >= 4 is 41.0 Å². The predicted octanol–water partition coefficient (Wildman–Crippen LogP) is 3.09. The first-order valence-corrected chi connectivity index (χ1v) is 10.5. The van der Waals surface area contributed by atoms with Crippen molar-refractivity contribution in [2.75, 3.05) is 24.3 Å². The summed E-state index contributed by atoms with van der Waals surface area (Å²) in [6, 6.07) is 11.1. The van der Waals surface area contributed by atoms with Crippen LogP contribution >= 0.6 is 11.6 Å². The molecule has 0 aliphatic heterocycles. The number of aromatic carboxylic acids is 2. The second kappa shape index (κ2) is 10.6. The number of ether oxygens (including phenoxy) is 2. The number of carboxylic acids is 2. The van der Waals surface area contributed by atoms with Gasteiger partial charge in [-0.25, -0.2) is 9.59 Å². The highest BCUT2D eigenvalue weighted by Gasteiger charge is 2.29. The molecule has 0 aliphatic carbocycles. The number of nitrogen functional groups attached to an aromatic ring is 1. The minimum Gasteiger partial charge on any atom is -0.490 e. The van der Waals surface area contributed by atoms with E-state index in [1.807, 2.05) is 4.98 Å². The lowest BCUT2D eigenvalue weighted by Crippen LogP contribution is -2.24. The largest absolute Gasteiger partial charge is 0.490 e. The fraction of sp³-hybridized carbons (Fsp3) is 0.130.